The first-order valence-electron chi connectivity index (χ1n) is 6.99. The Morgan fingerprint density at radius 3 is 2.06 bits per heavy atom. The molecule has 2 rings (SSSR count). The summed E-state index contributed by atoms with van der Waals surface area (Å²) in [6.45, 7) is 12.3. The van der Waals surface area contributed by atoms with Gasteiger partial charge in [0.25, 0.3) is 0 Å². The zero-order chi connectivity index (χ0) is 12.8. The van der Waals surface area contributed by atoms with Gasteiger partial charge >= 0.3 is 0 Å². The SMILES string of the molecule is CC1CC(C)C2(CN1C)CN(I)C(C)CC2C. The molecule has 0 radical (unpaired) electrons. The van der Waals surface area contributed by atoms with Crippen molar-refractivity contribution in [2.75, 3.05) is 20.1 Å². The van der Waals surface area contributed by atoms with E-state index in [1.807, 2.05) is 0 Å². The fourth-order valence-electron chi connectivity index (χ4n) is 4.00. The third kappa shape index (κ3) is 2.39. The molecule has 100 valence electrons. The summed E-state index contributed by atoms with van der Waals surface area (Å²) in [5.74, 6) is 1.71. The van der Waals surface area contributed by atoms with Crippen LogP contribution in [0.3, 0.4) is 0 Å². The molecule has 2 fully saturated rings. The van der Waals surface area contributed by atoms with Gasteiger partial charge in [-0.2, -0.15) is 0 Å². The molecule has 17 heavy (non-hydrogen) atoms. The van der Waals surface area contributed by atoms with Gasteiger partial charge in [-0.05, 0) is 45.6 Å². The summed E-state index contributed by atoms with van der Waals surface area (Å²) in [5, 5.41) is 0. The number of nitrogens with zero attached hydrogens (tertiary/aromatic N) is 2. The second-order valence-corrected chi connectivity index (χ2v) is 7.92. The minimum atomic E-state index is 0.523. The van der Waals surface area contributed by atoms with Crippen LogP contribution in [0.2, 0.25) is 0 Å². The number of likely N-dealkylation sites (tertiary alicyclic amines) is 1. The molecule has 0 N–H and O–H groups in total. The molecule has 5 unspecified atom stereocenters. The van der Waals surface area contributed by atoms with E-state index in [0.29, 0.717) is 5.41 Å². The van der Waals surface area contributed by atoms with Gasteiger partial charge in [0, 0.05) is 53.5 Å². The average molecular weight is 350 g/mol. The minimum absolute atomic E-state index is 0.523. The highest BCUT2D eigenvalue weighted by Gasteiger charge is 2.50. The maximum Gasteiger partial charge on any atom is 0.0204 e. The van der Waals surface area contributed by atoms with Crippen molar-refractivity contribution in [2.24, 2.45) is 17.3 Å². The molecule has 2 heterocycles. The van der Waals surface area contributed by atoms with Crippen LogP contribution < -0.4 is 0 Å². The lowest BCUT2D eigenvalue weighted by molar-refractivity contribution is -0.0613. The second-order valence-electron chi connectivity index (χ2n) is 6.68. The molecular formula is C14H27IN2. The van der Waals surface area contributed by atoms with Crippen LogP contribution in [0, 0.1) is 17.3 Å². The zero-order valence-electron chi connectivity index (χ0n) is 11.9. The van der Waals surface area contributed by atoms with E-state index >= 15 is 0 Å². The summed E-state index contributed by atoms with van der Waals surface area (Å²) in [6, 6.07) is 1.50. The van der Waals surface area contributed by atoms with Crippen LogP contribution in [0.4, 0.5) is 0 Å². The van der Waals surface area contributed by atoms with Crippen molar-refractivity contribution in [1.82, 2.24) is 8.01 Å². The van der Waals surface area contributed by atoms with Crippen molar-refractivity contribution in [3.05, 3.63) is 0 Å². The molecule has 2 aliphatic heterocycles. The average Bonchev–Trinajstić information content (AvgIpc) is 2.23. The maximum absolute atomic E-state index is 2.58. The molecule has 0 amide bonds. The Kier molecular flexibility index (Phi) is 4.11. The van der Waals surface area contributed by atoms with Crippen molar-refractivity contribution < 1.29 is 0 Å². The first kappa shape index (κ1) is 14.1. The number of piperidine rings is 2. The predicted molar refractivity (Wildman–Crippen MR) is 82.3 cm³/mol. The Morgan fingerprint density at radius 2 is 1.47 bits per heavy atom. The third-order valence-corrected chi connectivity index (χ3v) is 6.86. The van der Waals surface area contributed by atoms with Gasteiger partial charge in [-0.15, -0.1) is 0 Å². The number of hydrogen-bond donors (Lipinski definition) is 0. The molecule has 2 nitrogen and oxygen atoms in total. The lowest BCUT2D eigenvalue weighted by Gasteiger charge is -2.57. The smallest absolute Gasteiger partial charge is 0.0204 e. The Balaban J connectivity index is 2.22. The topological polar surface area (TPSA) is 6.48 Å². The number of rotatable bonds is 0. The quantitative estimate of drug-likeness (QED) is 0.488. The Hall–Kier alpha value is 0.650. The van der Waals surface area contributed by atoms with Gasteiger partial charge in [0.2, 0.25) is 0 Å². The van der Waals surface area contributed by atoms with Gasteiger partial charge in [0.05, 0.1) is 0 Å². The lowest BCUT2D eigenvalue weighted by atomic mass is 9.60. The van der Waals surface area contributed by atoms with Crippen LogP contribution in [0.25, 0.3) is 0 Å². The first-order valence-corrected chi connectivity index (χ1v) is 7.96. The van der Waals surface area contributed by atoms with Gasteiger partial charge < -0.3 is 4.90 Å². The van der Waals surface area contributed by atoms with Gasteiger partial charge in [0.15, 0.2) is 0 Å². The summed E-state index contributed by atoms with van der Waals surface area (Å²) in [5.41, 5.74) is 0.523. The summed E-state index contributed by atoms with van der Waals surface area (Å²) in [6.07, 6.45) is 2.72. The molecule has 2 saturated heterocycles. The van der Waals surface area contributed by atoms with Gasteiger partial charge in [-0.1, -0.05) is 13.8 Å². The van der Waals surface area contributed by atoms with Crippen LogP contribution in [-0.2, 0) is 0 Å². The molecule has 0 aliphatic carbocycles. The summed E-state index contributed by atoms with van der Waals surface area (Å²) in [4.78, 5) is 2.58. The highest BCUT2D eigenvalue weighted by atomic mass is 127. The van der Waals surface area contributed by atoms with E-state index in [2.05, 4.69) is 65.6 Å². The van der Waals surface area contributed by atoms with E-state index in [1.165, 1.54) is 25.9 Å². The van der Waals surface area contributed by atoms with E-state index < -0.39 is 0 Å². The molecule has 0 aromatic rings. The normalized spacial score (nSPS) is 49.8. The Labute approximate surface area is 121 Å². The van der Waals surface area contributed by atoms with Crippen molar-refractivity contribution in [3.63, 3.8) is 0 Å². The third-order valence-electron chi connectivity index (χ3n) is 5.57. The van der Waals surface area contributed by atoms with Gasteiger partial charge in [-0.3, -0.25) is 0 Å². The van der Waals surface area contributed by atoms with Crippen molar-refractivity contribution in [3.8, 4) is 0 Å². The second kappa shape index (κ2) is 4.97. The highest BCUT2D eigenvalue weighted by Crippen LogP contribution is 2.49. The predicted octanol–water partition coefficient (Wildman–Crippen LogP) is 3.41. The molecule has 3 heteroatoms. The van der Waals surface area contributed by atoms with Crippen LogP contribution in [0.15, 0.2) is 0 Å². The molecule has 2 aliphatic rings. The standard InChI is InChI=1S/C14H27IN2/c1-10-6-12(3)16(5)8-14(10)9-17(15)13(4)7-11(14)2/h10-13H,6-9H2,1-5H3. The molecule has 0 bridgehead atoms. The van der Waals surface area contributed by atoms with Crippen molar-refractivity contribution >= 4 is 22.9 Å². The molecule has 0 aromatic carbocycles. The zero-order valence-corrected chi connectivity index (χ0v) is 14.1. The van der Waals surface area contributed by atoms with Crippen LogP contribution in [0.1, 0.15) is 40.5 Å². The van der Waals surface area contributed by atoms with E-state index in [0.717, 1.165) is 23.9 Å². The van der Waals surface area contributed by atoms with E-state index in [9.17, 15) is 0 Å². The first-order chi connectivity index (χ1) is 7.86. The van der Waals surface area contributed by atoms with Crippen molar-refractivity contribution in [2.45, 2.75) is 52.6 Å². The molecule has 0 saturated carbocycles. The fourth-order valence-corrected chi connectivity index (χ4v) is 4.87. The van der Waals surface area contributed by atoms with E-state index in [4.69, 9.17) is 0 Å². The maximum atomic E-state index is 2.58. The Morgan fingerprint density at radius 1 is 0.941 bits per heavy atom. The van der Waals surface area contributed by atoms with E-state index in [1.54, 1.807) is 0 Å². The molecule has 5 atom stereocenters. The summed E-state index contributed by atoms with van der Waals surface area (Å²) < 4.78 is 2.55. The van der Waals surface area contributed by atoms with E-state index in [-0.39, 0.29) is 0 Å². The van der Waals surface area contributed by atoms with Crippen LogP contribution in [0.5, 0.6) is 0 Å². The Bertz CT molecular complexity index is 253. The molecule has 0 aromatic heterocycles. The highest BCUT2D eigenvalue weighted by molar-refractivity contribution is 14.1. The number of hydrogen-bond acceptors (Lipinski definition) is 2. The van der Waals surface area contributed by atoms with Crippen LogP contribution >= 0.6 is 22.9 Å². The monoisotopic (exact) mass is 350 g/mol. The molecule has 1 spiro atoms. The van der Waals surface area contributed by atoms with Gasteiger partial charge in [-0.25, -0.2) is 3.11 Å². The summed E-state index contributed by atoms with van der Waals surface area (Å²) >= 11 is 2.54. The lowest BCUT2D eigenvalue weighted by Crippen LogP contribution is -2.60. The minimum Gasteiger partial charge on any atom is -0.303 e. The number of halogens is 1. The summed E-state index contributed by atoms with van der Waals surface area (Å²) in [7, 11) is 2.31. The molecular weight excluding hydrogens is 323 g/mol. The van der Waals surface area contributed by atoms with Crippen molar-refractivity contribution in [1.29, 1.82) is 0 Å². The fraction of sp³-hybridized carbons (Fsp3) is 1.00. The largest absolute Gasteiger partial charge is 0.303 e. The van der Waals surface area contributed by atoms with Crippen LogP contribution in [-0.4, -0.2) is 40.2 Å². The van der Waals surface area contributed by atoms with Gasteiger partial charge in [0.1, 0.15) is 0 Å².